The van der Waals surface area contributed by atoms with E-state index in [2.05, 4.69) is 15.5 Å². The summed E-state index contributed by atoms with van der Waals surface area (Å²) in [6.45, 7) is 3.63. The summed E-state index contributed by atoms with van der Waals surface area (Å²) in [7, 11) is 0. The lowest BCUT2D eigenvalue weighted by atomic mass is 10.1. The Kier molecular flexibility index (Phi) is 4.10. The second kappa shape index (κ2) is 5.64. The van der Waals surface area contributed by atoms with Crippen LogP contribution >= 0.6 is 11.3 Å². The predicted molar refractivity (Wildman–Crippen MR) is 75.9 cm³/mol. The molecule has 20 heavy (non-hydrogen) atoms. The number of amides is 1. The molecule has 1 heterocycles. The second-order valence-corrected chi connectivity index (χ2v) is 5.96. The molecule has 1 amide bonds. The maximum Gasteiger partial charge on any atom is 0.230 e. The van der Waals surface area contributed by atoms with Crippen LogP contribution in [0, 0.1) is 5.82 Å². The number of nitrogens with zero attached hydrogens (tertiary/aromatic N) is 2. The molecule has 0 radical (unpaired) electrons. The van der Waals surface area contributed by atoms with Gasteiger partial charge in [-0.05, 0) is 31.5 Å². The molecule has 0 saturated carbocycles. The number of hydrogen-bond donors (Lipinski definition) is 2. The zero-order valence-electron chi connectivity index (χ0n) is 11.2. The number of benzene rings is 1. The highest BCUT2D eigenvalue weighted by molar-refractivity contribution is 7.15. The summed E-state index contributed by atoms with van der Waals surface area (Å²) in [5.74, 6) is -0.553. The minimum Gasteiger partial charge on any atom is -0.320 e. The van der Waals surface area contributed by atoms with E-state index in [0.29, 0.717) is 10.1 Å². The summed E-state index contributed by atoms with van der Waals surface area (Å²) < 4.78 is 12.8. The molecule has 0 spiro atoms. The molecule has 7 heteroatoms. The fourth-order valence-electron chi connectivity index (χ4n) is 1.49. The monoisotopic (exact) mass is 294 g/mol. The standard InChI is InChI=1S/C13H15FN4OS/c1-13(2,15)11-17-18-12(20-11)16-10(19)7-8-3-5-9(14)6-4-8/h3-6H,7,15H2,1-2H3,(H,16,18,19). The van der Waals surface area contributed by atoms with Crippen LogP contribution < -0.4 is 11.1 Å². The van der Waals surface area contributed by atoms with Crippen molar-refractivity contribution in [2.75, 3.05) is 5.32 Å². The summed E-state index contributed by atoms with van der Waals surface area (Å²) in [6, 6.07) is 5.79. The molecule has 2 aromatic rings. The maximum atomic E-state index is 12.8. The van der Waals surface area contributed by atoms with Gasteiger partial charge in [-0.2, -0.15) is 0 Å². The molecule has 0 aliphatic carbocycles. The largest absolute Gasteiger partial charge is 0.320 e. The Bertz CT molecular complexity index is 604. The van der Waals surface area contributed by atoms with E-state index in [9.17, 15) is 9.18 Å². The fraction of sp³-hybridized carbons (Fsp3) is 0.308. The molecule has 3 N–H and O–H groups in total. The van der Waals surface area contributed by atoms with Crippen molar-refractivity contribution >= 4 is 22.4 Å². The number of aromatic nitrogens is 2. The third-order valence-corrected chi connectivity index (χ3v) is 3.68. The lowest BCUT2D eigenvalue weighted by Gasteiger charge is -2.12. The number of halogens is 1. The Morgan fingerprint density at radius 2 is 2.00 bits per heavy atom. The quantitative estimate of drug-likeness (QED) is 0.904. The van der Waals surface area contributed by atoms with Crippen LogP contribution in [0.5, 0.6) is 0 Å². The first-order valence-electron chi connectivity index (χ1n) is 6.02. The van der Waals surface area contributed by atoms with E-state index in [4.69, 9.17) is 5.73 Å². The summed E-state index contributed by atoms with van der Waals surface area (Å²) in [5, 5.41) is 11.5. The number of anilines is 1. The molecule has 0 bridgehead atoms. The minimum atomic E-state index is -0.586. The molecule has 5 nitrogen and oxygen atoms in total. The van der Waals surface area contributed by atoms with Crippen LogP contribution in [-0.2, 0) is 16.8 Å². The zero-order valence-corrected chi connectivity index (χ0v) is 12.0. The fourth-order valence-corrected chi connectivity index (χ4v) is 2.26. The van der Waals surface area contributed by atoms with Gasteiger partial charge in [0.05, 0.1) is 12.0 Å². The highest BCUT2D eigenvalue weighted by Crippen LogP contribution is 2.24. The van der Waals surface area contributed by atoms with Crippen LogP contribution in [0.2, 0.25) is 0 Å². The Hall–Kier alpha value is -1.86. The van der Waals surface area contributed by atoms with Crippen LogP contribution in [0.1, 0.15) is 24.4 Å². The van der Waals surface area contributed by atoms with E-state index in [-0.39, 0.29) is 18.1 Å². The van der Waals surface area contributed by atoms with Gasteiger partial charge in [-0.15, -0.1) is 10.2 Å². The van der Waals surface area contributed by atoms with Crippen molar-refractivity contribution in [3.05, 3.63) is 40.7 Å². The average molecular weight is 294 g/mol. The van der Waals surface area contributed by atoms with E-state index in [1.807, 2.05) is 13.8 Å². The Morgan fingerprint density at radius 3 is 2.55 bits per heavy atom. The van der Waals surface area contributed by atoms with Crippen LogP contribution in [0.25, 0.3) is 0 Å². The average Bonchev–Trinajstić information content (AvgIpc) is 2.80. The number of nitrogens with one attached hydrogen (secondary N) is 1. The molecule has 0 saturated heterocycles. The van der Waals surface area contributed by atoms with Gasteiger partial charge in [-0.25, -0.2) is 4.39 Å². The summed E-state index contributed by atoms with van der Waals surface area (Å²) >= 11 is 1.24. The molecular formula is C13H15FN4OS. The van der Waals surface area contributed by atoms with Crippen LogP contribution in [0.3, 0.4) is 0 Å². The third kappa shape index (κ3) is 3.82. The van der Waals surface area contributed by atoms with Crippen LogP contribution in [0.15, 0.2) is 24.3 Å². The highest BCUT2D eigenvalue weighted by Gasteiger charge is 2.20. The molecular weight excluding hydrogens is 279 g/mol. The molecule has 0 atom stereocenters. The summed E-state index contributed by atoms with van der Waals surface area (Å²) in [4.78, 5) is 11.8. The van der Waals surface area contributed by atoms with Crippen LogP contribution in [-0.4, -0.2) is 16.1 Å². The van der Waals surface area contributed by atoms with Crippen molar-refractivity contribution in [1.82, 2.24) is 10.2 Å². The number of hydrogen-bond acceptors (Lipinski definition) is 5. The minimum absolute atomic E-state index is 0.154. The molecule has 106 valence electrons. The van der Waals surface area contributed by atoms with Crippen molar-refractivity contribution in [3.63, 3.8) is 0 Å². The normalized spacial score (nSPS) is 11.4. The smallest absolute Gasteiger partial charge is 0.230 e. The van der Waals surface area contributed by atoms with E-state index < -0.39 is 5.54 Å². The van der Waals surface area contributed by atoms with E-state index in [0.717, 1.165) is 5.56 Å². The van der Waals surface area contributed by atoms with Gasteiger partial charge in [0.15, 0.2) is 0 Å². The first-order valence-corrected chi connectivity index (χ1v) is 6.83. The first kappa shape index (κ1) is 14.5. The van der Waals surface area contributed by atoms with Gasteiger partial charge in [-0.3, -0.25) is 4.79 Å². The van der Waals surface area contributed by atoms with Gasteiger partial charge in [-0.1, -0.05) is 23.5 Å². The van der Waals surface area contributed by atoms with E-state index in [1.165, 1.54) is 23.5 Å². The maximum absolute atomic E-state index is 12.8. The van der Waals surface area contributed by atoms with Crippen molar-refractivity contribution in [1.29, 1.82) is 0 Å². The van der Waals surface area contributed by atoms with Gasteiger partial charge in [0.2, 0.25) is 11.0 Å². The zero-order chi connectivity index (χ0) is 14.8. The molecule has 0 unspecified atom stereocenters. The lowest BCUT2D eigenvalue weighted by Crippen LogP contribution is -2.28. The van der Waals surface area contributed by atoms with Crippen molar-refractivity contribution in [3.8, 4) is 0 Å². The Morgan fingerprint density at radius 1 is 1.35 bits per heavy atom. The van der Waals surface area contributed by atoms with E-state index in [1.54, 1.807) is 12.1 Å². The SMILES string of the molecule is CC(C)(N)c1nnc(NC(=O)Cc2ccc(F)cc2)s1. The lowest BCUT2D eigenvalue weighted by molar-refractivity contribution is -0.115. The molecule has 0 aliphatic heterocycles. The van der Waals surface area contributed by atoms with Gasteiger partial charge in [0.25, 0.3) is 0 Å². The molecule has 0 aliphatic rings. The van der Waals surface area contributed by atoms with Crippen molar-refractivity contribution in [2.45, 2.75) is 25.8 Å². The summed E-state index contributed by atoms with van der Waals surface area (Å²) in [6.07, 6.45) is 0.154. The third-order valence-electron chi connectivity index (χ3n) is 2.50. The molecule has 2 rings (SSSR count). The topological polar surface area (TPSA) is 80.9 Å². The summed E-state index contributed by atoms with van der Waals surface area (Å²) in [5.41, 5.74) is 6.04. The van der Waals surface area contributed by atoms with Crippen molar-refractivity contribution in [2.24, 2.45) is 5.73 Å². The van der Waals surface area contributed by atoms with E-state index >= 15 is 0 Å². The van der Waals surface area contributed by atoms with Gasteiger partial charge in [0.1, 0.15) is 10.8 Å². The van der Waals surface area contributed by atoms with Gasteiger partial charge >= 0.3 is 0 Å². The first-order chi connectivity index (χ1) is 9.34. The second-order valence-electron chi connectivity index (χ2n) is 4.99. The van der Waals surface area contributed by atoms with Gasteiger partial charge < -0.3 is 11.1 Å². The van der Waals surface area contributed by atoms with Gasteiger partial charge in [0, 0.05) is 0 Å². The Labute approximate surface area is 120 Å². The van der Waals surface area contributed by atoms with Crippen molar-refractivity contribution < 1.29 is 9.18 Å². The predicted octanol–water partition coefficient (Wildman–Crippen LogP) is 2.05. The number of carbonyl (C=O) groups excluding carboxylic acids is 1. The highest BCUT2D eigenvalue weighted by atomic mass is 32.1. The molecule has 0 fully saturated rings. The number of carbonyl (C=O) groups is 1. The molecule has 1 aromatic heterocycles. The number of rotatable bonds is 4. The Balaban J connectivity index is 1.98. The molecule has 1 aromatic carbocycles. The van der Waals surface area contributed by atoms with Crippen LogP contribution in [0.4, 0.5) is 9.52 Å². The number of nitrogens with two attached hydrogens (primary N) is 1.